The van der Waals surface area contributed by atoms with Crippen LogP contribution in [0, 0.1) is 6.92 Å². The van der Waals surface area contributed by atoms with Crippen LogP contribution in [0.5, 0.6) is 0 Å². The zero-order valence-electron chi connectivity index (χ0n) is 18.9. The second kappa shape index (κ2) is 9.79. The fourth-order valence-corrected chi connectivity index (χ4v) is 5.23. The molecular weight excluding hydrogens is 428 g/mol. The summed E-state index contributed by atoms with van der Waals surface area (Å²) in [5, 5.41) is 0.979. The third kappa shape index (κ3) is 4.96. The van der Waals surface area contributed by atoms with Gasteiger partial charge in [0.2, 0.25) is 0 Å². The van der Waals surface area contributed by atoms with Crippen LogP contribution < -0.4 is 0 Å². The molecule has 4 aromatic rings. The standard InChI is InChI=1S/C27H28N4OS/c1-20-5-7-21(8-6-20)18-31-25-17-28-14-13-24(25)29-27(31)33-19-22-9-11-23(12-10-22)26(32)30-15-3-2-4-16-30/h5-14,17H,2-4,15-16,18-19H2,1H3. The molecule has 3 heterocycles. The monoisotopic (exact) mass is 456 g/mol. The van der Waals surface area contributed by atoms with Crippen molar-refractivity contribution in [2.45, 2.75) is 43.6 Å². The van der Waals surface area contributed by atoms with Crippen molar-refractivity contribution in [3.8, 4) is 0 Å². The third-order valence-corrected chi connectivity index (χ3v) is 7.24. The summed E-state index contributed by atoms with van der Waals surface area (Å²) in [4.78, 5) is 23.9. The molecule has 0 aliphatic carbocycles. The van der Waals surface area contributed by atoms with Crippen molar-refractivity contribution >= 4 is 28.7 Å². The van der Waals surface area contributed by atoms with E-state index in [0.717, 1.165) is 60.0 Å². The molecule has 0 bridgehead atoms. The van der Waals surface area contributed by atoms with Crippen molar-refractivity contribution in [1.29, 1.82) is 0 Å². The summed E-state index contributed by atoms with van der Waals surface area (Å²) < 4.78 is 2.24. The molecule has 0 N–H and O–H groups in total. The van der Waals surface area contributed by atoms with E-state index in [0.29, 0.717) is 0 Å². The first kappa shape index (κ1) is 21.7. The van der Waals surface area contributed by atoms with Crippen LogP contribution in [0.4, 0.5) is 0 Å². The average molecular weight is 457 g/mol. The minimum absolute atomic E-state index is 0.154. The molecule has 1 aliphatic heterocycles. The normalized spacial score (nSPS) is 14.0. The van der Waals surface area contributed by atoms with Crippen molar-refractivity contribution < 1.29 is 4.79 Å². The molecule has 2 aromatic heterocycles. The number of pyridine rings is 1. The Balaban J connectivity index is 1.32. The number of thioether (sulfide) groups is 1. The third-order valence-electron chi connectivity index (χ3n) is 6.19. The number of piperidine rings is 1. The number of likely N-dealkylation sites (tertiary alicyclic amines) is 1. The fraction of sp³-hybridized carbons (Fsp3) is 0.296. The first-order valence-electron chi connectivity index (χ1n) is 11.5. The summed E-state index contributed by atoms with van der Waals surface area (Å²) in [6.45, 7) is 4.62. The predicted octanol–water partition coefficient (Wildman–Crippen LogP) is 5.71. The van der Waals surface area contributed by atoms with Gasteiger partial charge in [0.25, 0.3) is 5.91 Å². The molecule has 0 unspecified atom stereocenters. The highest BCUT2D eigenvalue weighted by atomic mass is 32.2. The second-order valence-corrected chi connectivity index (χ2v) is 9.61. The van der Waals surface area contributed by atoms with E-state index in [1.165, 1.54) is 23.1 Å². The summed E-state index contributed by atoms with van der Waals surface area (Å²) in [5.74, 6) is 0.948. The Morgan fingerprint density at radius 3 is 2.42 bits per heavy atom. The molecule has 1 aliphatic rings. The Hall–Kier alpha value is -3.12. The molecule has 1 saturated heterocycles. The van der Waals surface area contributed by atoms with Gasteiger partial charge in [0.1, 0.15) is 0 Å². The highest BCUT2D eigenvalue weighted by molar-refractivity contribution is 7.98. The quantitative estimate of drug-likeness (QED) is 0.349. The van der Waals surface area contributed by atoms with Crippen molar-refractivity contribution in [2.24, 2.45) is 0 Å². The summed E-state index contributed by atoms with van der Waals surface area (Å²) in [7, 11) is 0. The lowest BCUT2D eigenvalue weighted by atomic mass is 10.1. The number of carbonyl (C=O) groups excluding carboxylic acids is 1. The first-order chi connectivity index (χ1) is 16.2. The van der Waals surface area contributed by atoms with E-state index in [9.17, 15) is 4.79 Å². The van der Waals surface area contributed by atoms with Gasteiger partial charge in [-0.1, -0.05) is 53.7 Å². The molecule has 1 amide bonds. The minimum atomic E-state index is 0.154. The Bertz CT molecular complexity index is 1240. The van der Waals surface area contributed by atoms with Crippen LogP contribution in [0.2, 0.25) is 0 Å². The summed E-state index contributed by atoms with van der Waals surface area (Å²) >= 11 is 1.72. The maximum Gasteiger partial charge on any atom is 0.253 e. The number of benzene rings is 2. The van der Waals surface area contributed by atoms with Crippen molar-refractivity contribution in [3.63, 3.8) is 0 Å². The zero-order valence-corrected chi connectivity index (χ0v) is 19.7. The Morgan fingerprint density at radius 2 is 1.67 bits per heavy atom. The maximum atomic E-state index is 12.7. The maximum absolute atomic E-state index is 12.7. The zero-order chi connectivity index (χ0) is 22.6. The molecule has 0 radical (unpaired) electrons. The van der Waals surface area contributed by atoms with Crippen molar-refractivity contribution in [1.82, 2.24) is 19.4 Å². The number of carbonyl (C=O) groups is 1. The summed E-state index contributed by atoms with van der Waals surface area (Å²) in [6.07, 6.45) is 7.13. The van der Waals surface area contributed by atoms with Crippen LogP contribution in [-0.4, -0.2) is 38.4 Å². The highest BCUT2D eigenvalue weighted by Gasteiger charge is 2.18. The SMILES string of the molecule is Cc1ccc(Cn2c(SCc3ccc(C(=O)N4CCCCC4)cc3)nc3ccncc32)cc1. The van der Waals surface area contributed by atoms with Crippen molar-refractivity contribution in [3.05, 3.63) is 89.2 Å². The molecule has 33 heavy (non-hydrogen) atoms. The lowest BCUT2D eigenvalue weighted by Gasteiger charge is -2.26. The summed E-state index contributed by atoms with van der Waals surface area (Å²) in [6, 6.07) is 18.7. The lowest BCUT2D eigenvalue weighted by molar-refractivity contribution is 0.0724. The van der Waals surface area contributed by atoms with Gasteiger partial charge in [-0.05, 0) is 55.5 Å². The largest absolute Gasteiger partial charge is 0.339 e. The molecule has 0 atom stereocenters. The topological polar surface area (TPSA) is 51.0 Å². The van der Waals surface area contributed by atoms with E-state index < -0.39 is 0 Å². The predicted molar refractivity (Wildman–Crippen MR) is 134 cm³/mol. The Morgan fingerprint density at radius 1 is 0.939 bits per heavy atom. The van der Waals surface area contributed by atoms with Gasteiger partial charge in [-0.15, -0.1) is 0 Å². The molecule has 1 fully saturated rings. The van der Waals surface area contributed by atoms with Crippen LogP contribution in [0.1, 0.15) is 46.3 Å². The molecule has 5 rings (SSSR count). The molecule has 0 spiro atoms. The van der Waals surface area contributed by atoms with Gasteiger partial charge in [0.15, 0.2) is 5.16 Å². The van der Waals surface area contributed by atoms with Crippen LogP contribution in [0.15, 0.2) is 72.1 Å². The van der Waals surface area contributed by atoms with Gasteiger partial charge < -0.3 is 9.47 Å². The number of rotatable bonds is 6. The van der Waals surface area contributed by atoms with Gasteiger partial charge in [-0.25, -0.2) is 4.98 Å². The molecule has 6 heteroatoms. The van der Waals surface area contributed by atoms with E-state index >= 15 is 0 Å². The summed E-state index contributed by atoms with van der Waals surface area (Å²) in [5.41, 5.74) is 6.47. The second-order valence-electron chi connectivity index (χ2n) is 8.67. The fourth-order valence-electron chi connectivity index (χ4n) is 4.26. The van der Waals surface area contributed by atoms with Gasteiger partial charge in [0.05, 0.1) is 23.8 Å². The van der Waals surface area contributed by atoms with Gasteiger partial charge in [-0.3, -0.25) is 9.78 Å². The Labute approximate surface area is 198 Å². The van der Waals surface area contributed by atoms with E-state index in [4.69, 9.17) is 4.98 Å². The number of amides is 1. The van der Waals surface area contributed by atoms with E-state index in [-0.39, 0.29) is 5.91 Å². The van der Waals surface area contributed by atoms with Crippen LogP contribution in [0.3, 0.4) is 0 Å². The number of imidazole rings is 1. The minimum Gasteiger partial charge on any atom is -0.339 e. The molecule has 5 nitrogen and oxygen atoms in total. The first-order valence-corrected chi connectivity index (χ1v) is 12.5. The lowest BCUT2D eigenvalue weighted by Crippen LogP contribution is -2.35. The van der Waals surface area contributed by atoms with E-state index in [2.05, 4.69) is 52.9 Å². The van der Waals surface area contributed by atoms with Crippen LogP contribution >= 0.6 is 11.8 Å². The number of aryl methyl sites for hydroxylation is 1. The van der Waals surface area contributed by atoms with Gasteiger partial charge in [0, 0.05) is 30.6 Å². The van der Waals surface area contributed by atoms with E-state index in [1.54, 1.807) is 18.0 Å². The smallest absolute Gasteiger partial charge is 0.253 e. The highest BCUT2D eigenvalue weighted by Crippen LogP contribution is 2.28. The van der Waals surface area contributed by atoms with Crippen molar-refractivity contribution in [2.75, 3.05) is 13.1 Å². The van der Waals surface area contributed by atoms with Crippen LogP contribution in [0.25, 0.3) is 11.0 Å². The Kier molecular flexibility index (Phi) is 6.44. The number of fused-ring (bicyclic) bond motifs is 1. The molecule has 2 aromatic carbocycles. The average Bonchev–Trinajstić information content (AvgIpc) is 3.22. The number of hydrogen-bond donors (Lipinski definition) is 0. The van der Waals surface area contributed by atoms with E-state index in [1.807, 2.05) is 29.3 Å². The number of aromatic nitrogens is 3. The number of hydrogen-bond acceptors (Lipinski definition) is 4. The van der Waals surface area contributed by atoms with Crippen LogP contribution in [-0.2, 0) is 12.3 Å². The van der Waals surface area contributed by atoms with Gasteiger partial charge in [-0.2, -0.15) is 0 Å². The van der Waals surface area contributed by atoms with Gasteiger partial charge >= 0.3 is 0 Å². The molecule has 0 saturated carbocycles. The molecule has 168 valence electrons. The number of nitrogens with zero attached hydrogens (tertiary/aromatic N) is 4. The molecular formula is C27H28N4OS.